The summed E-state index contributed by atoms with van der Waals surface area (Å²) in [6.45, 7) is 7.48. The number of benzene rings is 2. The Bertz CT molecular complexity index is 699. The van der Waals surface area contributed by atoms with Crippen molar-refractivity contribution in [1.82, 2.24) is 0 Å². The fourth-order valence-corrected chi connectivity index (χ4v) is 8.85. The van der Waals surface area contributed by atoms with Crippen LogP contribution in [-0.4, -0.2) is 15.2 Å². The predicted octanol–water partition coefficient (Wildman–Crippen LogP) is 4.83. The van der Waals surface area contributed by atoms with Crippen molar-refractivity contribution in [2.75, 3.05) is 7.11 Å². The zero-order chi connectivity index (χ0) is 21.0. The van der Waals surface area contributed by atoms with E-state index in [1.165, 1.54) is 69.7 Å². The van der Waals surface area contributed by atoms with Gasteiger partial charge in [0.1, 0.15) is 5.75 Å². The zero-order valence-corrected chi connectivity index (χ0v) is 22.1. The molecule has 0 heterocycles. The molecule has 1 nitrogen and oxygen atoms in total. The van der Waals surface area contributed by atoms with Gasteiger partial charge in [-0.2, -0.15) is 0 Å². The second-order valence-electron chi connectivity index (χ2n) is 8.88. The first-order chi connectivity index (χ1) is 14.0. The van der Waals surface area contributed by atoms with Crippen molar-refractivity contribution in [2.45, 2.75) is 83.5 Å². The summed E-state index contributed by atoms with van der Waals surface area (Å²) in [5.41, 5.74) is 1.41. The van der Waals surface area contributed by atoms with Gasteiger partial charge in [0.15, 0.2) is 7.14 Å². The summed E-state index contributed by atoms with van der Waals surface area (Å²) in [6.07, 6.45) is 11.0. The molecule has 0 bridgehead atoms. The van der Waals surface area contributed by atoms with Crippen molar-refractivity contribution >= 4 is 8.07 Å². The first kappa shape index (κ1) is 24.5. The Hall–Kier alpha value is -0.813. The lowest BCUT2D eigenvalue weighted by atomic mass is 10.1. The molecule has 0 N–H and O–H groups in total. The first-order valence-corrected chi connectivity index (χ1v) is 17.0. The van der Waals surface area contributed by atoms with Crippen molar-refractivity contribution in [3.8, 4) is 5.75 Å². The number of ether oxygens (including phenoxy) is 1. The van der Waals surface area contributed by atoms with Crippen LogP contribution in [0.25, 0.3) is 0 Å². The van der Waals surface area contributed by atoms with Gasteiger partial charge in [-0.05, 0) is 42.3 Å². The summed E-state index contributed by atoms with van der Waals surface area (Å²) in [4.78, 5) is 0. The lowest BCUT2D eigenvalue weighted by Gasteiger charge is -2.22. The summed E-state index contributed by atoms with van der Waals surface area (Å²) >= 11 is -0.107. The second kappa shape index (κ2) is 13.5. The van der Waals surface area contributed by atoms with Gasteiger partial charge in [0.05, 0.1) is 7.11 Å². The van der Waals surface area contributed by atoms with Crippen molar-refractivity contribution < 1.29 is 25.9 Å². The van der Waals surface area contributed by atoms with Gasteiger partial charge in [0.2, 0.25) is 0 Å². The van der Waals surface area contributed by atoms with E-state index in [1.807, 2.05) is 7.11 Å². The summed E-state index contributed by atoms with van der Waals surface area (Å²) in [5, 5.41) is 0. The van der Waals surface area contributed by atoms with Crippen LogP contribution in [0.3, 0.4) is 0 Å². The minimum absolute atomic E-state index is 0.107. The fraction of sp³-hybridized carbons (Fsp3) is 0.538. The Kier molecular flexibility index (Phi) is 11.4. The molecule has 0 unspecified atom stereocenters. The maximum absolute atomic E-state index is 5.67. The highest BCUT2D eigenvalue weighted by molar-refractivity contribution is 6.77. The molecule has 0 atom stereocenters. The molecular formula is C26H40IOSi+. The van der Waals surface area contributed by atoms with E-state index in [9.17, 15) is 0 Å². The minimum atomic E-state index is -1.06. The number of halogens is 1. The molecule has 0 aromatic heterocycles. The molecule has 3 heteroatoms. The highest BCUT2D eigenvalue weighted by Gasteiger charge is 2.21. The molecule has 0 aliphatic heterocycles. The Labute approximate surface area is 190 Å². The van der Waals surface area contributed by atoms with Crippen LogP contribution in [0.4, 0.5) is 0 Å². The summed E-state index contributed by atoms with van der Waals surface area (Å²) in [5.74, 6) is 1.07. The monoisotopic (exact) mass is 523 g/mol. The van der Waals surface area contributed by atoms with E-state index < -0.39 is 8.07 Å². The second-order valence-corrected chi connectivity index (χ2v) is 17.2. The van der Waals surface area contributed by atoms with Crippen molar-refractivity contribution in [3.05, 3.63) is 61.2 Å². The van der Waals surface area contributed by atoms with Crippen LogP contribution in [0.1, 0.15) is 57.4 Å². The highest BCUT2D eigenvalue weighted by atomic mass is 127. The molecule has 29 heavy (non-hydrogen) atoms. The molecule has 2 rings (SSSR count). The summed E-state index contributed by atoms with van der Waals surface area (Å²) in [6, 6.07) is 20.7. The lowest BCUT2D eigenvalue weighted by Crippen LogP contribution is -3.61. The molecule has 0 spiro atoms. The molecule has 2 aromatic rings. The molecule has 0 saturated carbocycles. The van der Waals surface area contributed by atoms with Gasteiger partial charge in [-0.3, -0.25) is 0 Å². The van der Waals surface area contributed by atoms with E-state index in [-0.39, 0.29) is 21.2 Å². The zero-order valence-electron chi connectivity index (χ0n) is 19.0. The molecule has 0 aliphatic carbocycles. The van der Waals surface area contributed by atoms with Gasteiger partial charge in [-0.25, -0.2) is 0 Å². The SMILES string of the molecule is CCCCCCCC[Si](C)(C)CCCc1cc([I+]c2ccccc2)ccc1OC. The normalized spacial score (nSPS) is 11.6. The predicted molar refractivity (Wildman–Crippen MR) is 126 cm³/mol. The van der Waals surface area contributed by atoms with Gasteiger partial charge < -0.3 is 4.74 Å². The van der Waals surface area contributed by atoms with Crippen LogP contribution in [0.15, 0.2) is 48.5 Å². The van der Waals surface area contributed by atoms with Crippen LogP contribution in [-0.2, 0) is 6.42 Å². The standard InChI is InChI=1S/C26H40IOSi/c1-5-6-7-8-9-13-20-29(3,4)21-14-15-23-22-25(18-19-26(23)28-2)27-24-16-11-10-12-17-24/h10-12,16-19,22H,5-9,13-15,20-21H2,1-4H3/q+1. The number of unbranched alkanes of at least 4 members (excludes halogenated alkanes) is 5. The molecule has 2 aromatic carbocycles. The Morgan fingerprint density at radius 2 is 1.48 bits per heavy atom. The lowest BCUT2D eigenvalue weighted by molar-refractivity contribution is -0.597. The third-order valence-corrected chi connectivity index (χ3v) is 11.8. The van der Waals surface area contributed by atoms with E-state index in [4.69, 9.17) is 4.74 Å². The Balaban J connectivity index is 1.82. The molecule has 0 fully saturated rings. The van der Waals surface area contributed by atoms with Gasteiger partial charge in [-0.15, -0.1) is 0 Å². The van der Waals surface area contributed by atoms with Crippen LogP contribution in [0.2, 0.25) is 25.2 Å². The molecule has 0 radical (unpaired) electrons. The van der Waals surface area contributed by atoms with Gasteiger partial charge in [0, 0.05) is 8.07 Å². The number of methoxy groups -OCH3 is 1. The average molecular weight is 524 g/mol. The number of hydrogen-bond donors (Lipinski definition) is 0. The van der Waals surface area contributed by atoms with E-state index in [1.54, 1.807) is 0 Å². The van der Waals surface area contributed by atoms with Crippen molar-refractivity contribution in [3.63, 3.8) is 0 Å². The van der Waals surface area contributed by atoms with E-state index in [0.29, 0.717) is 0 Å². The third-order valence-electron chi connectivity index (χ3n) is 5.70. The van der Waals surface area contributed by atoms with Crippen molar-refractivity contribution in [1.29, 1.82) is 0 Å². The largest absolute Gasteiger partial charge is 0.496 e. The minimum Gasteiger partial charge on any atom is -0.496 e. The van der Waals surface area contributed by atoms with Crippen LogP contribution in [0, 0.1) is 7.14 Å². The summed E-state index contributed by atoms with van der Waals surface area (Å²) < 4.78 is 8.64. The van der Waals surface area contributed by atoms with Crippen LogP contribution in [0.5, 0.6) is 5.75 Å². The third kappa shape index (κ3) is 9.69. The van der Waals surface area contributed by atoms with E-state index in [0.717, 1.165) is 12.2 Å². The Morgan fingerprint density at radius 1 is 0.793 bits per heavy atom. The van der Waals surface area contributed by atoms with Gasteiger partial charge >= 0.3 is 21.2 Å². The fourth-order valence-electron chi connectivity index (χ4n) is 3.87. The molecule has 160 valence electrons. The van der Waals surface area contributed by atoms with Crippen LogP contribution >= 0.6 is 0 Å². The molecule has 0 saturated heterocycles. The number of rotatable bonds is 14. The van der Waals surface area contributed by atoms with Crippen molar-refractivity contribution in [2.24, 2.45) is 0 Å². The Morgan fingerprint density at radius 3 is 2.21 bits per heavy atom. The molecular weight excluding hydrogens is 483 g/mol. The maximum Gasteiger partial charge on any atom is 0.357 e. The number of aryl methyl sites for hydroxylation is 1. The number of hydrogen-bond acceptors (Lipinski definition) is 1. The topological polar surface area (TPSA) is 9.23 Å². The maximum atomic E-state index is 5.67. The quantitative estimate of drug-likeness (QED) is 0.196. The average Bonchev–Trinajstić information content (AvgIpc) is 2.71. The molecule has 0 amide bonds. The summed E-state index contributed by atoms with van der Waals surface area (Å²) in [7, 11) is 0.746. The van der Waals surface area contributed by atoms with Gasteiger partial charge in [0.25, 0.3) is 0 Å². The smallest absolute Gasteiger partial charge is 0.357 e. The van der Waals surface area contributed by atoms with E-state index >= 15 is 0 Å². The highest BCUT2D eigenvalue weighted by Crippen LogP contribution is 2.25. The molecule has 0 aliphatic rings. The first-order valence-electron chi connectivity index (χ1n) is 11.4. The van der Waals surface area contributed by atoms with Gasteiger partial charge in [-0.1, -0.05) is 95.3 Å². The van der Waals surface area contributed by atoms with E-state index in [2.05, 4.69) is 68.5 Å². The van der Waals surface area contributed by atoms with Crippen LogP contribution < -0.4 is 25.9 Å².